The molecular weight excluding hydrogens is 1300 g/mol. The van der Waals surface area contributed by atoms with E-state index in [2.05, 4.69) is 232 Å². The van der Waals surface area contributed by atoms with Crippen LogP contribution in [-0.4, -0.2) is 41.8 Å². The number of aryl methyl sites for hydroxylation is 4. The van der Waals surface area contributed by atoms with Gasteiger partial charge in [-0.25, -0.2) is 0 Å². The van der Waals surface area contributed by atoms with E-state index in [0.29, 0.717) is 16.3 Å². The molecule has 10 heteroatoms. The summed E-state index contributed by atoms with van der Waals surface area (Å²) in [5.74, 6) is 0. The summed E-state index contributed by atoms with van der Waals surface area (Å²) in [5.41, 5.74) is 10.4. The fourth-order valence-electron chi connectivity index (χ4n) is 3.82. The molecule has 0 heterocycles. The van der Waals surface area contributed by atoms with Crippen molar-refractivity contribution < 1.29 is 51.7 Å². The third-order valence-electron chi connectivity index (χ3n) is 6.70. The molecule has 0 aliphatic rings. The van der Waals surface area contributed by atoms with Gasteiger partial charge in [-0.2, -0.15) is 0 Å². The Morgan fingerprint density at radius 2 is 0.556 bits per heavy atom. The first-order valence-corrected chi connectivity index (χ1v) is 28.9. The van der Waals surface area contributed by atoms with E-state index in [1.165, 1.54) is 51.6 Å². The Morgan fingerprint density at radius 1 is 0.370 bits per heavy atom. The number of benzene rings is 6. The molecule has 54 heavy (non-hydrogen) atoms. The Hall–Kier alpha value is -0.630. The van der Waals surface area contributed by atoms with Crippen LogP contribution in [-0.2, 0) is 42.1 Å². The van der Waals surface area contributed by atoms with Crippen molar-refractivity contribution in [3.05, 3.63) is 187 Å². The van der Waals surface area contributed by atoms with E-state index in [-0.39, 0.29) is 57.0 Å². The molecule has 2 N–H and O–H groups in total. The van der Waals surface area contributed by atoms with Gasteiger partial charge in [-0.15, -0.1) is 0 Å². The normalized spacial score (nSPS) is 9.52. The van der Waals surface area contributed by atoms with Gasteiger partial charge in [0.2, 0.25) is 0 Å². The maximum atomic E-state index is 8.05. The van der Waals surface area contributed by atoms with Gasteiger partial charge in [-0.3, -0.25) is 0 Å². The topological polar surface area (TPSA) is 40.5 Å². The predicted octanol–water partition coefficient (Wildman–Crippen LogP) is 11.8. The van der Waals surface area contributed by atoms with Gasteiger partial charge in [-0.1, -0.05) is 171 Å². The number of hydrogen-bond donors (Lipinski definition) is 2. The Morgan fingerprint density at radius 3 is 0.741 bits per heavy atom. The monoisotopic (exact) mass is 1360 g/mol. The molecule has 2 nitrogen and oxygen atoms in total. The Kier molecular flexibility index (Phi) is 43.6. The van der Waals surface area contributed by atoms with Gasteiger partial charge in [0.1, 0.15) is 0 Å². The minimum Gasteiger partial charge on any atom is -0.406 e. The van der Waals surface area contributed by atoms with Crippen LogP contribution in [0.25, 0.3) is 22.3 Å². The first kappa shape index (κ1) is 60.1. The number of halogens is 2. The van der Waals surface area contributed by atoms with Crippen molar-refractivity contribution in [2.24, 2.45) is 0 Å². The van der Waals surface area contributed by atoms with Gasteiger partial charge in [0.15, 0.2) is 0 Å². The van der Waals surface area contributed by atoms with E-state index < -0.39 is 18.9 Å². The zero-order valence-electron chi connectivity index (χ0n) is 31.0. The summed E-state index contributed by atoms with van der Waals surface area (Å²) >= 11 is 4.59. The molecule has 2 atom stereocenters. The zero-order valence-corrected chi connectivity index (χ0v) is 46.4. The third kappa shape index (κ3) is 30.5. The van der Waals surface area contributed by atoms with Gasteiger partial charge in [0, 0.05) is 62.6 Å². The summed E-state index contributed by atoms with van der Waals surface area (Å²) in [5, 5.41) is 0. The largest absolute Gasteiger partial charge is 0.406 e. The summed E-state index contributed by atoms with van der Waals surface area (Å²) in [6.07, 6.45) is 0. The van der Waals surface area contributed by atoms with Crippen LogP contribution in [0.15, 0.2) is 158 Å². The molecule has 0 aliphatic heterocycles. The standard InChI is InChI=1S/2C13H12.2C7H7I.2CH7OPSi.2CH4.2W/c2*1-11-7-9-13(10-8-11)12-5-3-2-4-6-12;2*1-6-2-4-7(8)5-3-6;2*1-3-4-2;;;;/h2*2-10H,1H3;2*2-5H,1H3;2*2-3H,4H2,1H3;2*1H4;;/p+2. The van der Waals surface area contributed by atoms with Crippen LogP contribution >= 0.6 is 61.4 Å². The van der Waals surface area contributed by atoms with Crippen molar-refractivity contribution in [3.63, 3.8) is 0 Å². The van der Waals surface area contributed by atoms with Gasteiger partial charge in [-0.05, 0) is 136 Å². The Bertz CT molecular complexity index is 1500. The maximum Gasteiger partial charge on any atom is 0.333 e. The van der Waals surface area contributed by atoms with Gasteiger partial charge in [0.05, 0.1) is 0 Å². The Labute approximate surface area is 392 Å². The fraction of sp³-hybridized carbons (Fsp3) is 0.182. The molecule has 0 aliphatic carbocycles. The van der Waals surface area contributed by atoms with Gasteiger partial charge >= 0.3 is 18.9 Å². The van der Waals surface area contributed by atoms with E-state index in [0.717, 1.165) is 0 Å². The van der Waals surface area contributed by atoms with Crippen molar-refractivity contribution in [1.82, 2.24) is 0 Å². The first-order valence-electron chi connectivity index (χ1n) is 16.6. The van der Waals surface area contributed by atoms with Gasteiger partial charge < -0.3 is 9.59 Å². The number of rotatable bonds is 4. The van der Waals surface area contributed by atoms with Crippen molar-refractivity contribution in [2.75, 3.05) is 13.3 Å². The predicted molar refractivity (Wildman–Crippen MR) is 267 cm³/mol. The molecule has 0 aromatic heterocycles. The first-order chi connectivity index (χ1) is 24.1. The molecule has 0 radical (unpaired) electrons. The minimum atomic E-state index is -0.492. The second kappa shape index (κ2) is 39.2. The molecule has 6 rings (SSSR count). The van der Waals surface area contributed by atoms with Crippen LogP contribution < -0.4 is 0 Å². The van der Waals surface area contributed by atoms with E-state index in [4.69, 9.17) is 9.59 Å². The van der Waals surface area contributed by atoms with Crippen molar-refractivity contribution in [3.8, 4) is 22.3 Å². The van der Waals surface area contributed by atoms with Crippen molar-refractivity contribution >= 4 is 80.3 Å². The third-order valence-corrected chi connectivity index (χ3v) is 11.1. The molecule has 2 unspecified atom stereocenters. The molecule has 0 bridgehead atoms. The molecule has 6 aromatic rings. The molecule has 6 aromatic carbocycles. The summed E-state index contributed by atoms with van der Waals surface area (Å²) in [6.45, 7) is 12.5. The van der Waals surface area contributed by atoms with Gasteiger partial charge in [0.25, 0.3) is 0 Å². The summed E-state index contributed by atoms with van der Waals surface area (Å²) in [6, 6.07) is 54.9. The Balaban J connectivity index is -0.000000288. The van der Waals surface area contributed by atoms with Crippen LogP contribution in [0.3, 0.4) is 0 Å². The van der Waals surface area contributed by atoms with Crippen LogP contribution in [0.5, 0.6) is 0 Å². The smallest absolute Gasteiger partial charge is 0.333 e. The summed E-state index contributed by atoms with van der Waals surface area (Å²) < 4.78 is 2.60. The van der Waals surface area contributed by atoms with Crippen LogP contribution in [0.2, 0.25) is 0 Å². The molecule has 0 saturated carbocycles. The average Bonchev–Trinajstić information content (AvgIpc) is 3.16. The second-order valence-electron chi connectivity index (χ2n) is 11.2. The summed E-state index contributed by atoms with van der Waals surface area (Å²) in [7, 11) is -0.0309. The maximum absolute atomic E-state index is 8.05. The molecular formula is C44H62I2O2P2Si2W2+2. The molecule has 0 saturated heterocycles. The molecule has 0 fully saturated rings. The van der Waals surface area contributed by atoms with Crippen molar-refractivity contribution in [2.45, 2.75) is 42.5 Å². The van der Waals surface area contributed by atoms with E-state index in [1.807, 2.05) is 12.1 Å². The molecule has 292 valence electrons. The average molecular weight is 1360 g/mol. The zero-order chi connectivity index (χ0) is 37.0. The summed E-state index contributed by atoms with van der Waals surface area (Å²) in [4.78, 5) is 16.1. The van der Waals surface area contributed by atoms with Crippen LogP contribution in [0, 0.1) is 34.8 Å². The fourth-order valence-corrected chi connectivity index (χ4v) is 4.54. The SMILES string of the molecule is C.C.C[PH2+][SiH2]O.C[PH2+][SiH2]O.Cc1ccc(-c2ccccc2)cc1.Cc1ccc(-c2ccccc2)cc1.Cc1ccc(I)cc1.Cc1ccc(I)cc1.[W].[W]. The van der Waals surface area contributed by atoms with E-state index >= 15 is 0 Å². The van der Waals surface area contributed by atoms with Crippen molar-refractivity contribution in [1.29, 1.82) is 0 Å². The van der Waals surface area contributed by atoms with Crippen LogP contribution in [0.1, 0.15) is 37.1 Å². The van der Waals surface area contributed by atoms with E-state index in [9.17, 15) is 0 Å². The number of hydrogen-bond acceptors (Lipinski definition) is 2. The quantitative estimate of drug-likeness (QED) is 0.105. The van der Waals surface area contributed by atoms with E-state index in [1.54, 1.807) is 0 Å². The molecule has 0 amide bonds. The minimum absolute atomic E-state index is 0. The molecule has 0 spiro atoms. The second-order valence-corrected chi connectivity index (χ2v) is 23.2. The van der Waals surface area contributed by atoms with Crippen LogP contribution in [0.4, 0.5) is 0 Å².